The van der Waals surface area contributed by atoms with Gasteiger partial charge >= 0.3 is 0 Å². The average Bonchev–Trinajstić information content (AvgIpc) is 2.13. The summed E-state index contributed by atoms with van der Waals surface area (Å²) in [5.74, 6) is -2.17. The molecule has 14 heavy (non-hydrogen) atoms. The maximum atomic E-state index is 13.2. The van der Waals surface area contributed by atoms with Gasteiger partial charge in [-0.15, -0.1) is 0 Å². The normalized spacial score (nSPS) is 10.0. The number of anilines is 1. The highest BCUT2D eigenvalue weighted by molar-refractivity contribution is 5.48. The van der Waals surface area contributed by atoms with Crippen LogP contribution in [0.1, 0.15) is 5.56 Å². The summed E-state index contributed by atoms with van der Waals surface area (Å²) >= 11 is 0. The van der Waals surface area contributed by atoms with Gasteiger partial charge < -0.3 is 5.43 Å². The Balaban J connectivity index is 3.12. The summed E-state index contributed by atoms with van der Waals surface area (Å²) in [7, 11) is 3.30. The van der Waals surface area contributed by atoms with Crippen LogP contribution in [0.25, 0.3) is 0 Å². The Morgan fingerprint density at radius 2 is 1.93 bits per heavy atom. The predicted octanol–water partition coefficient (Wildman–Crippen LogP) is 1.72. The molecule has 74 valence electrons. The summed E-state index contributed by atoms with van der Waals surface area (Å²) < 4.78 is 26.3. The Morgan fingerprint density at radius 3 is 2.43 bits per heavy atom. The molecule has 0 radical (unpaired) electrons. The fraction of sp³-hybridized carbons (Fsp3) is 0.222. The van der Waals surface area contributed by atoms with Gasteiger partial charge in [-0.3, -0.25) is 0 Å². The second kappa shape index (κ2) is 4.03. The van der Waals surface area contributed by atoms with Crippen molar-refractivity contribution >= 4 is 5.69 Å². The number of hydrogen-bond donors (Lipinski definition) is 1. The van der Waals surface area contributed by atoms with Gasteiger partial charge in [0.1, 0.15) is 6.07 Å². The van der Waals surface area contributed by atoms with Crippen LogP contribution < -0.4 is 5.43 Å². The number of halogens is 2. The lowest BCUT2D eigenvalue weighted by Gasteiger charge is -2.14. The molecule has 0 unspecified atom stereocenters. The minimum Gasteiger partial charge on any atom is -0.317 e. The van der Waals surface area contributed by atoms with E-state index in [9.17, 15) is 8.78 Å². The van der Waals surface area contributed by atoms with Gasteiger partial charge in [0.05, 0.1) is 11.3 Å². The molecule has 0 fully saturated rings. The number of rotatable bonds is 2. The monoisotopic (exact) mass is 197 g/mol. The van der Waals surface area contributed by atoms with Crippen LogP contribution in [-0.2, 0) is 0 Å². The Bertz CT molecular complexity index is 382. The fourth-order valence-corrected chi connectivity index (χ4v) is 0.963. The number of nitrogens with one attached hydrogen (secondary N) is 1. The van der Waals surface area contributed by atoms with Crippen LogP contribution in [0.2, 0.25) is 0 Å². The second-order valence-electron chi connectivity index (χ2n) is 2.91. The van der Waals surface area contributed by atoms with Crippen molar-refractivity contribution in [1.29, 1.82) is 5.26 Å². The molecular formula is C9H9F2N3. The Labute approximate surface area is 80.5 Å². The van der Waals surface area contributed by atoms with E-state index in [1.54, 1.807) is 20.2 Å². The van der Waals surface area contributed by atoms with Gasteiger partial charge in [-0.2, -0.15) is 5.26 Å². The van der Waals surface area contributed by atoms with Gasteiger partial charge in [-0.05, 0) is 12.1 Å². The Morgan fingerprint density at radius 1 is 1.29 bits per heavy atom. The summed E-state index contributed by atoms with van der Waals surface area (Å²) in [6.07, 6.45) is 0. The number of nitrogens with zero attached hydrogens (tertiary/aromatic N) is 2. The Hall–Kier alpha value is -1.67. The first kappa shape index (κ1) is 10.4. The van der Waals surface area contributed by atoms with E-state index in [0.29, 0.717) is 0 Å². The van der Waals surface area contributed by atoms with Crippen LogP contribution in [0.15, 0.2) is 12.1 Å². The van der Waals surface area contributed by atoms with Gasteiger partial charge in [-0.25, -0.2) is 13.8 Å². The van der Waals surface area contributed by atoms with Crippen molar-refractivity contribution in [1.82, 2.24) is 5.01 Å². The highest BCUT2D eigenvalue weighted by Crippen LogP contribution is 2.19. The zero-order valence-corrected chi connectivity index (χ0v) is 7.81. The highest BCUT2D eigenvalue weighted by atomic mass is 19.2. The van der Waals surface area contributed by atoms with E-state index in [2.05, 4.69) is 5.43 Å². The zero-order valence-electron chi connectivity index (χ0n) is 7.81. The topological polar surface area (TPSA) is 39.1 Å². The van der Waals surface area contributed by atoms with E-state index in [4.69, 9.17) is 5.26 Å². The number of hydrazine groups is 1. The second-order valence-corrected chi connectivity index (χ2v) is 2.91. The van der Waals surface area contributed by atoms with Crippen molar-refractivity contribution in [3.8, 4) is 6.07 Å². The molecule has 3 nitrogen and oxygen atoms in total. The molecule has 0 aliphatic carbocycles. The molecule has 0 aromatic heterocycles. The predicted molar refractivity (Wildman–Crippen MR) is 48.4 cm³/mol. The molecular weight excluding hydrogens is 188 g/mol. The van der Waals surface area contributed by atoms with Crippen LogP contribution >= 0.6 is 0 Å². The molecule has 1 N–H and O–H groups in total. The summed E-state index contributed by atoms with van der Waals surface area (Å²) in [5, 5.41) is 9.90. The molecule has 1 rings (SSSR count). The van der Waals surface area contributed by atoms with Crippen molar-refractivity contribution in [2.45, 2.75) is 0 Å². The molecule has 0 aliphatic heterocycles. The fourth-order valence-electron chi connectivity index (χ4n) is 0.963. The van der Waals surface area contributed by atoms with Crippen molar-refractivity contribution in [3.05, 3.63) is 29.3 Å². The maximum Gasteiger partial charge on any atom is 0.184 e. The first-order valence-corrected chi connectivity index (χ1v) is 3.88. The van der Waals surface area contributed by atoms with E-state index in [1.807, 2.05) is 0 Å². The lowest BCUT2D eigenvalue weighted by molar-refractivity contribution is 0.471. The number of nitriles is 1. The van der Waals surface area contributed by atoms with E-state index in [-0.39, 0.29) is 11.3 Å². The lowest BCUT2D eigenvalue weighted by atomic mass is 10.2. The molecule has 0 saturated carbocycles. The quantitative estimate of drug-likeness (QED) is 0.734. The average molecular weight is 197 g/mol. The van der Waals surface area contributed by atoms with Crippen LogP contribution in [0.3, 0.4) is 0 Å². The van der Waals surface area contributed by atoms with Crippen molar-refractivity contribution in [2.75, 3.05) is 19.5 Å². The smallest absolute Gasteiger partial charge is 0.184 e. The standard InChI is InChI=1S/C9H9F2N3/c1-14(2)13-7-4-3-6(5-12)8(10)9(7)11/h3-4,13H,1-2H3. The van der Waals surface area contributed by atoms with Gasteiger partial charge in [0.25, 0.3) is 0 Å². The van der Waals surface area contributed by atoms with Crippen LogP contribution in [0.5, 0.6) is 0 Å². The SMILES string of the molecule is CN(C)Nc1ccc(C#N)c(F)c1F. The molecule has 5 heteroatoms. The molecule has 0 spiro atoms. The highest BCUT2D eigenvalue weighted by Gasteiger charge is 2.12. The Kier molecular flexibility index (Phi) is 2.99. The van der Waals surface area contributed by atoms with Crippen molar-refractivity contribution in [2.24, 2.45) is 0 Å². The third-order valence-electron chi connectivity index (χ3n) is 1.55. The van der Waals surface area contributed by atoms with E-state index >= 15 is 0 Å². The van der Waals surface area contributed by atoms with Crippen LogP contribution in [0, 0.1) is 23.0 Å². The summed E-state index contributed by atoms with van der Waals surface area (Å²) in [5.41, 5.74) is 2.28. The molecule has 0 heterocycles. The minimum atomic E-state index is -1.13. The molecule has 0 bridgehead atoms. The van der Waals surface area contributed by atoms with Crippen molar-refractivity contribution < 1.29 is 8.78 Å². The molecule has 1 aromatic rings. The van der Waals surface area contributed by atoms with Crippen LogP contribution in [0.4, 0.5) is 14.5 Å². The summed E-state index contributed by atoms with van der Waals surface area (Å²) in [6.45, 7) is 0. The van der Waals surface area contributed by atoms with E-state index in [0.717, 1.165) is 0 Å². The van der Waals surface area contributed by atoms with Gasteiger partial charge in [0.2, 0.25) is 0 Å². The number of hydrogen-bond acceptors (Lipinski definition) is 3. The molecule has 0 saturated heterocycles. The first-order valence-electron chi connectivity index (χ1n) is 3.88. The molecule has 0 aliphatic rings. The third-order valence-corrected chi connectivity index (χ3v) is 1.55. The number of benzene rings is 1. The molecule has 1 aromatic carbocycles. The summed E-state index contributed by atoms with van der Waals surface area (Å²) in [6, 6.07) is 4.10. The van der Waals surface area contributed by atoms with Gasteiger partial charge in [0, 0.05) is 14.1 Å². The van der Waals surface area contributed by atoms with E-state index < -0.39 is 11.6 Å². The zero-order chi connectivity index (χ0) is 10.7. The van der Waals surface area contributed by atoms with Gasteiger partial charge in [0.15, 0.2) is 11.6 Å². The maximum absolute atomic E-state index is 13.2. The van der Waals surface area contributed by atoms with Crippen molar-refractivity contribution in [3.63, 3.8) is 0 Å². The lowest BCUT2D eigenvalue weighted by Crippen LogP contribution is -2.20. The molecule has 0 atom stereocenters. The third kappa shape index (κ3) is 1.98. The van der Waals surface area contributed by atoms with Crippen LogP contribution in [-0.4, -0.2) is 19.1 Å². The summed E-state index contributed by atoms with van der Waals surface area (Å²) in [4.78, 5) is 0. The van der Waals surface area contributed by atoms with E-state index in [1.165, 1.54) is 17.1 Å². The molecule has 0 amide bonds. The van der Waals surface area contributed by atoms with Gasteiger partial charge in [-0.1, -0.05) is 0 Å². The minimum absolute atomic E-state index is 0.00602. The largest absolute Gasteiger partial charge is 0.317 e. The first-order chi connectivity index (χ1) is 6.56.